The van der Waals surface area contributed by atoms with Crippen LogP contribution in [0.2, 0.25) is 0 Å². The number of aromatic nitrogens is 1. The van der Waals surface area contributed by atoms with Gasteiger partial charge >= 0.3 is 0 Å². The number of thiazole rings is 1. The second-order valence-corrected chi connectivity index (χ2v) is 11.7. The standard InChI is InChI=1S/C26H31N3O3S/c1-15(30)27-21-4-5-32-23-3-2-19(9-20(21)23)22-14-33-25(28-22)29-24(31)13-26-10-16-6-17(11-26)8-18(7-16)12-26/h2-3,9,14,16-18,21H,4-8,10-13H2,1H3,(H,27,30)(H,28,29,31). The highest BCUT2D eigenvalue weighted by Crippen LogP contribution is 2.61. The minimum atomic E-state index is -0.0516. The number of carbonyl (C=O) groups excluding carboxylic acids is 2. The summed E-state index contributed by atoms with van der Waals surface area (Å²) in [5, 5.41) is 8.75. The van der Waals surface area contributed by atoms with Crippen LogP contribution >= 0.6 is 11.3 Å². The largest absolute Gasteiger partial charge is 0.493 e. The summed E-state index contributed by atoms with van der Waals surface area (Å²) in [6.45, 7) is 2.13. The number of rotatable bonds is 5. The van der Waals surface area contributed by atoms with Crippen LogP contribution in [0.15, 0.2) is 23.6 Å². The zero-order valence-electron chi connectivity index (χ0n) is 19.1. The molecule has 5 aliphatic rings. The fraction of sp³-hybridized carbons (Fsp3) is 0.577. The van der Waals surface area contributed by atoms with Crippen LogP contribution < -0.4 is 15.4 Å². The van der Waals surface area contributed by atoms with Gasteiger partial charge in [0.05, 0.1) is 18.3 Å². The van der Waals surface area contributed by atoms with Crippen molar-refractivity contribution < 1.29 is 14.3 Å². The Hall–Kier alpha value is -2.41. The summed E-state index contributed by atoms with van der Waals surface area (Å²) >= 11 is 1.47. The molecule has 2 N–H and O–H groups in total. The van der Waals surface area contributed by atoms with Gasteiger partial charge in [0.15, 0.2) is 5.13 Å². The Morgan fingerprint density at radius 2 is 1.88 bits per heavy atom. The normalized spacial score (nSPS) is 31.5. The van der Waals surface area contributed by atoms with Crippen molar-refractivity contribution in [1.29, 1.82) is 0 Å². The molecule has 7 heteroatoms. The zero-order chi connectivity index (χ0) is 22.6. The van der Waals surface area contributed by atoms with E-state index in [0.29, 0.717) is 18.2 Å². The van der Waals surface area contributed by atoms with Crippen LogP contribution in [0, 0.1) is 23.2 Å². The second kappa shape index (κ2) is 8.12. The molecule has 2 amide bonds. The first-order valence-corrected chi connectivity index (χ1v) is 13.1. The number of fused-ring (bicyclic) bond motifs is 1. The fourth-order valence-electron chi connectivity index (χ4n) is 7.42. The Morgan fingerprint density at radius 1 is 1.15 bits per heavy atom. The van der Waals surface area contributed by atoms with Crippen LogP contribution in [0.25, 0.3) is 11.3 Å². The second-order valence-electron chi connectivity index (χ2n) is 10.8. The van der Waals surface area contributed by atoms with Gasteiger partial charge in [0.25, 0.3) is 0 Å². The van der Waals surface area contributed by atoms with Crippen LogP contribution in [0.4, 0.5) is 5.13 Å². The number of carbonyl (C=O) groups is 2. The SMILES string of the molecule is CC(=O)NC1CCOc2ccc(-c3csc(NC(=O)CC45CC6CC(CC(C6)C4)C5)n3)cc21. The van der Waals surface area contributed by atoms with E-state index in [4.69, 9.17) is 9.72 Å². The lowest BCUT2D eigenvalue weighted by Gasteiger charge is -2.56. The molecule has 33 heavy (non-hydrogen) atoms. The molecule has 1 aromatic carbocycles. The summed E-state index contributed by atoms with van der Waals surface area (Å²) < 4.78 is 5.77. The minimum Gasteiger partial charge on any atom is -0.493 e. The van der Waals surface area contributed by atoms with E-state index in [0.717, 1.165) is 46.7 Å². The van der Waals surface area contributed by atoms with Gasteiger partial charge < -0.3 is 15.4 Å². The van der Waals surface area contributed by atoms with Crippen LogP contribution in [-0.4, -0.2) is 23.4 Å². The van der Waals surface area contributed by atoms with Crippen molar-refractivity contribution in [3.05, 3.63) is 29.1 Å². The summed E-state index contributed by atoms with van der Waals surface area (Å²) in [6, 6.07) is 5.93. The van der Waals surface area contributed by atoms with Crippen molar-refractivity contribution in [2.45, 2.75) is 64.3 Å². The van der Waals surface area contributed by atoms with Crippen molar-refractivity contribution in [2.24, 2.45) is 23.2 Å². The maximum absolute atomic E-state index is 13.0. The van der Waals surface area contributed by atoms with E-state index in [2.05, 4.69) is 10.6 Å². The Morgan fingerprint density at radius 3 is 2.58 bits per heavy atom. The van der Waals surface area contributed by atoms with E-state index in [-0.39, 0.29) is 23.3 Å². The van der Waals surface area contributed by atoms with Gasteiger partial charge in [0.1, 0.15) is 5.75 Å². The number of anilines is 1. The lowest BCUT2D eigenvalue weighted by atomic mass is 9.49. The van der Waals surface area contributed by atoms with Gasteiger partial charge in [-0.15, -0.1) is 11.3 Å². The third-order valence-corrected chi connectivity index (χ3v) is 8.93. The van der Waals surface area contributed by atoms with E-state index < -0.39 is 0 Å². The van der Waals surface area contributed by atoms with E-state index >= 15 is 0 Å². The van der Waals surface area contributed by atoms with E-state index in [1.807, 2.05) is 23.6 Å². The summed E-state index contributed by atoms with van der Waals surface area (Å²) in [5.74, 6) is 3.43. The maximum atomic E-state index is 13.0. The molecule has 6 nitrogen and oxygen atoms in total. The molecule has 0 radical (unpaired) electrons. The van der Waals surface area contributed by atoms with Crippen molar-refractivity contribution in [3.8, 4) is 17.0 Å². The molecular weight excluding hydrogens is 434 g/mol. The molecule has 4 saturated carbocycles. The van der Waals surface area contributed by atoms with Gasteiger partial charge in [-0.05, 0) is 79.9 Å². The third kappa shape index (κ3) is 4.16. The molecule has 1 unspecified atom stereocenters. The molecule has 1 aliphatic heterocycles. The first-order valence-electron chi connectivity index (χ1n) is 12.2. The molecule has 7 rings (SSSR count). The van der Waals surface area contributed by atoms with Crippen LogP contribution in [0.1, 0.15) is 69.9 Å². The molecule has 4 fully saturated rings. The molecule has 1 atom stereocenters. The summed E-state index contributed by atoms with van der Waals surface area (Å²) in [4.78, 5) is 29.3. The molecule has 2 aromatic rings. The molecule has 2 heterocycles. The van der Waals surface area contributed by atoms with Gasteiger partial charge in [0.2, 0.25) is 11.8 Å². The predicted octanol–water partition coefficient (Wildman–Crippen LogP) is 5.31. The number of ether oxygens (including phenoxy) is 1. The average Bonchev–Trinajstić information content (AvgIpc) is 3.20. The number of amides is 2. The maximum Gasteiger partial charge on any atom is 0.226 e. The van der Waals surface area contributed by atoms with Gasteiger partial charge in [-0.1, -0.05) is 0 Å². The van der Waals surface area contributed by atoms with Gasteiger partial charge in [-0.3, -0.25) is 9.59 Å². The van der Waals surface area contributed by atoms with Crippen LogP contribution in [0.3, 0.4) is 0 Å². The number of hydrogen-bond acceptors (Lipinski definition) is 5. The Kier molecular flexibility index (Phi) is 5.20. The lowest BCUT2D eigenvalue weighted by Crippen LogP contribution is -2.47. The zero-order valence-corrected chi connectivity index (χ0v) is 19.9. The van der Waals surface area contributed by atoms with E-state index in [1.54, 1.807) is 0 Å². The van der Waals surface area contributed by atoms with Crippen LogP contribution in [0.5, 0.6) is 5.75 Å². The highest BCUT2D eigenvalue weighted by Gasteiger charge is 2.51. The van der Waals surface area contributed by atoms with Crippen molar-refractivity contribution in [3.63, 3.8) is 0 Å². The highest BCUT2D eigenvalue weighted by atomic mass is 32.1. The molecule has 4 aliphatic carbocycles. The number of nitrogens with zero attached hydrogens (tertiary/aromatic N) is 1. The predicted molar refractivity (Wildman–Crippen MR) is 128 cm³/mol. The Balaban J connectivity index is 1.15. The number of benzene rings is 1. The van der Waals surface area contributed by atoms with Crippen molar-refractivity contribution in [2.75, 3.05) is 11.9 Å². The first kappa shape index (κ1) is 21.1. The van der Waals surface area contributed by atoms with E-state index in [9.17, 15) is 9.59 Å². The summed E-state index contributed by atoms with van der Waals surface area (Å²) in [5.41, 5.74) is 3.01. The number of hydrogen-bond donors (Lipinski definition) is 2. The molecular formula is C26H31N3O3S. The molecule has 0 saturated heterocycles. The fourth-order valence-corrected chi connectivity index (χ4v) is 8.16. The Labute approximate surface area is 198 Å². The monoisotopic (exact) mass is 465 g/mol. The summed E-state index contributed by atoms with van der Waals surface area (Å²) in [7, 11) is 0. The van der Waals surface area contributed by atoms with Gasteiger partial charge in [0, 0.05) is 36.3 Å². The quantitative estimate of drug-likeness (QED) is 0.627. The minimum absolute atomic E-state index is 0.0454. The highest BCUT2D eigenvalue weighted by molar-refractivity contribution is 7.14. The lowest BCUT2D eigenvalue weighted by molar-refractivity contribution is -0.124. The molecule has 174 valence electrons. The number of nitrogens with one attached hydrogen (secondary N) is 2. The average molecular weight is 466 g/mol. The first-order chi connectivity index (χ1) is 15.9. The molecule has 4 bridgehead atoms. The van der Waals surface area contributed by atoms with Gasteiger partial charge in [-0.2, -0.15) is 0 Å². The molecule has 1 aromatic heterocycles. The Bertz CT molecular complexity index is 1060. The smallest absolute Gasteiger partial charge is 0.226 e. The van der Waals surface area contributed by atoms with E-state index in [1.165, 1.54) is 56.8 Å². The topological polar surface area (TPSA) is 80.3 Å². The third-order valence-electron chi connectivity index (χ3n) is 8.17. The van der Waals surface area contributed by atoms with Crippen molar-refractivity contribution >= 4 is 28.3 Å². The van der Waals surface area contributed by atoms with Crippen LogP contribution in [-0.2, 0) is 9.59 Å². The summed E-state index contributed by atoms with van der Waals surface area (Å²) in [6.07, 6.45) is 9.29. The van der Waals surface area contributed by atoms with Gasteiger partial charge in [-0.25, -0.2) is 4.98 Å². The van der Waals surface area contributed by atoms with Crippen molar-refractivity contribution in [1.82, 2.24) is 10.3 Å². The molecule has 0 spiro atoms.